The van der Waals surface area contributed by atoms with Gasteiger partial charge in [0.25, 0.3) is 0 Å². The largest absolute Gasteiger partial charge is 0.458 e. The van der Waals surface area contributed by atoms with Crippen LogP contribution in [0.15, 0.2) is 11.6 Å². The number of allylic oxidation sites excluding steroid dienone is 1. The third-order valence-electron chi connectivity index (χ3n) is 8.67. The lowest BCUT2D eigenvalue weighted by Gasteiger charge is -2.57. The Kier molecular flexibility index (Phi) is 4.65. The second-order valence-corrected chi connectivity index (χ2v) is 10.0. The molecule has 4 aliphatic rings. The predicted octanol–water partition coefficient (Wildman–Crippen LogP) is 2.56. The van der Waals surface area contributed by atoms with Crippen molar-refractivity contribution < 1.29 is 29.0 Å². The first-order valence-electron chi connectivity index (χ1n) is 10.7. The molecule has 0 aromatic carbocycles. The molecule has 6 heteroatoms. The van der Waals surface area contributed by atoms with Crippen LogP contribution in [0.4, 0.5) is 0 Å². The number of carbonyl (C=O) groups is 4. The molecule has 3 saturated carbocycles. The van der Waals surface area contributed by atoms with E-state index in [1.807, 2.05) is 6.92 Å². The molecule has 4 rings (SSSR count). The van der Waals surface area contributed by atoms with Crippen LogP contribution in [-0.4, -0.2) is 40.6 Å². The molecule has 29 heavy (non-hydrogen) atoms. The van der Waals surface area contributed by atoms with Crippen LogP contribution in [0.2, 0.25) is 0 Å². The first kappa shape index (κ1) is 20.5. The number of ketones is 3. The van der Waals surface area contributed by atoms with E-state index in [4.69, 9.17) is 4.74 Å². The Labute approximate surface area is 171 Å². The fourth-order valence-corrected chi connectivity index (χ4v) is 7.13. The van der Waals surface area contributed by atoms with Gasteiger partial charge in [-0.05, 0) is 55.4 Å². The number of rotatable bonds is 3. The van der Waals surface area contributed by atoms with Crippen molar-refractivity contribution in [1.82, 2.24) is 0 Å². The zero-order valence-electron chi connectivity index (χ0n) is 17.5. The molecule has 0 amide bonds. The van der Waals surface area contributed by atoms with Crippen molar-refractivity contribution >= 4 is 23.3 Å². The van der Waals surface area contributed by atoms with Crippen LogP contribution in [0, 0.1) is 28.6 Å². The Morgan fingerprint density at radius 3 is 2.59 bits per heavy atom. The van der Waals surface area contributed by atoms with Crippen LogP contribution in [-0.2, 0) is 23.9 Å². The number of hydrogen-bond donors (Lipinski definition) is 1. The van der Waals surface area contributed by atoms with E-state index < -0.39 is 29.4 Å². The van der Waals surface area contributed by atoms with Gasteiger partial charge in [0.05, 0.1) is 0 Å². The minimum atomic E-state index is -1.65. The average Bonchev–Trinajstić information content (AvgIpc) is 2.91. The Morgan fingerprint density at radius 1 is 1.17 bits per heavy atom. The highest BCUT2D eigenvalue weighted by molar-refractivity contribution is 5.95. The van der Waals surface area contributed by atoms with Crippen molar-refractivity contribution in [1.29, 1.82) is 0 Å². The van der Waals surface area contributed by atoms with Gasteiger partial charge < -0.3 is 9.84 Å². The van der Waals surface area contributed by atoms with Crippen LogP contribution < -0.4 is 0 Å². The Hall–Kier alpha value is -1.82. The molecule has 4 aliphatic carbocycles. The first-order chi connectivity index (χ1) is 13.5. The lowest BCUT2D eigenvalue weighted by atomic mass is 9.46. The molecule has 0 saturated heterocycles. The predicted molar refractivity (Wildman–Crippen MR) is 104 cm³/mol. The molecule has 0 heterocycles. The zero-order valence-corrected chi connectivity index (χ0v) is 17.5. The van der Waals surface area contributed by atoms with Crippen molar-refractivity contribution in [2.24, 2.45) is 28.6 Å². The minimum Gasteiger partial charge on any atom is -0.458 e. The van der Waals surface area contributed by atoms with E-state index in [9.17, 15) is 24.3 Å². The molecule has 158 valence electrons. The maximum Gasteiger partial charge on any atom is 0.303 e. The van der Waals surface area contributed by atoms with E-state index in [1.165, 1.54) is 6.92 Å². The van der Waals surface area contributed by atoms with Gasteiger partial charge >= 0.3 is 5.97 Å². The molecule has 0 radical (unpaired) electrons. The molecule has 0 aromatic rings. The molecule has 0 aliphatic heterocycles. The van der Waals surface area contributed by atoms with Gasteiger partial charge in [0, 0.05) is 31.1 Å². The summed E-state index contributed by atoms with van der Waals surface area (Å²) < 4.78 is 4.86. The molecule has 0 spiro atoms. The van der Waals surface area contributed by atoms with Crippen LogP contribution in [0.5, 0.6) is 0 Å². The second kappa shape index (κ2) is 6.59. The average molecular weight is 402 g/mol. The summed E-state index contributed by atoms with van der Waals surface area (Å²) >= 11 is 0. The Morgan fingerprint density at radius 2 is 1.90 bits per heavy atom. The number of Topliss-reactive ketones (excluding diaryl/α,β-unsaturated/α-hetero) is 2. The lowest BCUT2D eigenvalue weighted by molar-refractivity contribution is -0.173. The highest BCUT2D eigenvalue weighted by atomic mass is 16.5. The van der Waals surface area contributed by atoms with Gasteiger partial charge in [0.1, 0.15) is 11.4 Å². The molecule has 6 nitrogen and oxygen atoms in total. The minimum absolute atomic E-state index is 0.0625. The molecule has 6 atom stereocenters. The third kappa shape index (κ3) is 2.78. The van der Waals surface area contributed by atoms with Gasteiger partial charge in [-0.15, -0.1) is 0 Å². The molecule has 3 unspecified atom stereocenters. The maximum absolute atomic E-state index is 13.5. The molecule has 0 bridgehead atoms. The van der Waals surface area contributed by atoms with Crippen LogP contribution in [0.1, 0.15) is 65.7 Å². The quantitative estimate of drug-likeness (QED) is 0.729. The van der Waals surface area contributed by atoms with Gasteiger partial charge in [-0.25, -0.2) is 0 Å². The highest BCUT2D eigenvalue weighted by Crippen LogP contribution is 2.66. The van der Waals surface area contributed by atoms with E-state index in [2.05, 4.69) is 6.92 Å². The van der Waals surface area contributed by atoms with Crippen molar-refractivity contribution in [3.8, 4) is 0 Å². The SMILES string of the molecule is CC(=O)OCC(=O)[C@@]1(O)CCC2C3CCC4=CC(=O)CC[C@]4(C)C3C(=O)C[C@]21C. The third-order valence-corrected chi connectivity index (χ3v) is 8.67. The summed E-state index contributed by atoms with van der Waals surface area (Å²) in [4.78, 5) is 49.4. The number of ether oxygens (including phenoxy) is 1. The smallest absolute Gasteiger partial charge is 0.303 e. The van der Waals surface area contributed by atoms with Gasteiger partial charge in [-0.1, -0.05) is 19.4 Å². The van der Waals surface area contributed by atoms with E-state index >= 15 is 0 Å². The van der Waals surface area contributed by atoms with Crippen molar-refractivity contribution in [2.75, 3.05) is 6.61 Å². The fraction of sp³-hybridized carbons (Fsp3) is 0.739. The second-order valence-electron chi connectivity index (χ2n) is 10.0. The summed E-state index contributed by atoms with van der Waals surface area (Å²) in [6.45, 7) is 4.76. The Bertz CT molecular complexity index is 827. The molecule has 1 N–H and O–H groups in total. The highest BCUT2D eigenvalue weighted by Gasteiger charge is 2.68. The maximum atomic E-state index is 13.5. The topological polar surface area (TPSA) is 97.7 Å². The van der Waals surface area contributed by atoms with Gasteiger partial charge in [-0.3, -0.25) is 19.2 Å². The van der Waals surface area contributed by atoms with E-state index in [0.717, 1.165) is 18.4 Å². The standard InChI is InChI=1S/C23H30O6/c1-13(24)29-12-19(27)23(28)9-7-17-16-5-4-14-10-15(25)6-8-21(14,2)20(16)18(26)11-22(17,23)3/h10,16-17,20,28H,4-9,11-12H2,1-3H3/t16?,17?,20?,21-,22+,23-/m0/s1. The van der Waals surface area contributed by atoms with E-state index in [0.29, 0.717) is 25.7 Å². The monoisotopic (exact) mass is 402 g/mol. The van der Waals surface area contributed by atoms with Gasteiger partial charge in [-0.2, -0.15) is 0 Å². The summed E-state index contributed by atoms with van der Waals surface area (Å²) in [6, 6.07) is 0. The Balaban J connectivity index is 1.66. The van der Waals surface area contributed by atoms with Crippen LogP contribution >= 0.6 is 0 Å². The molecular formula is C23H30O6. The van der Waals surface area contributed by atoms with Crippen LogP contribution in [0.25, 0.3) is 0 Å². The summed E-state index contributed by atoms with van der Waals surface area (Å²) in [5.41, 5.74) is -1.68. The molecule has 0 aromatic heterocycles. The van der Waals surface area contributed by atoms with Gasteiger partial charge in [0.2, 0.25) is 5.78 Å². The van der Waals surface area contributed by atoms with E-state index in [1.54, 1.807) is 6.08 Å². The summed E-state index contributed by atoms with van der Waals surface area (Å²) in [5.74, 6) is -0.811. The normalized spacial score (nSPS) is 43.7. The number of aliphatic hydroxyl groups is 1. The van der Waals surface area contributed by atoms with Crippen molar-refractivity contribution in [2.45, 2.75) is 71.3 Å². The van der Waals surface area contributed by atoms with Crippen molar-refractivity contribution in [3.05, 3.63) is 11.6 Å². The summed E-state index contributed by atoms with van der Waals surface area (Å²) in [6.07, 6.45) is 5.66. The van der Waals surface area contributed by atoms with E-state index in [-0.39, 0.29) is 41.2 Å². The molecular weight excluding hydrogens is 372 g/mol. The summed E-state index contributed by atoms with van der Waals surface area (Å²) in [7, 11) is 0. The number of carbonyl (C=O) groups excluding carboxylic acids is 4. The fourth-order valence-electron chi connectivity index (χ4n) is 7.13. The lowest BCUT2D eigenvalue weighted by Crippen LogP contribution is -2.61. The first-order valence-corrected chi connectivity index (χ1v) is 10.7. The number of esters is 1. The van der Waals surface area contributed by atoms with Crippen LogP contribution in [0.3, 0.4) is 0 Å². The number of hydrogen-bond acceptors (Lipinski definition) is 6. The van der Waals surface area contributed by atoms with Crippen molar-refractivity contribution in [3.63, 3.8) is 0 Å². The number of fused-ring (bicyclic) bond motifs is 5. The summed E-state index contributed by atoms with van der Waals surface area (Å²) in [5, 5.41) is 11.4. The molecule has 3 fully saturated rings. The van der Waals surface area contributed by atoms with Gasteiger partial charge in [0.15, 0.2) is 12.4 Å². The zero-order chi connectivity index (χ0) is 21.2.